The molecule has 0 saturated carbocycles. The highest BCUT2D eigenvalue weighted by atomic mass is 31.2. The van der Waals surface area contributed by atoms with E-state index in [1.165, 1.54) is 0 Å². The quantitative estimate of drug-likeness (QED) is 0.549. The molecule has 128 valence electrons. The van der Waals surface area contributed by atoms with Crippen molar-refractivity contribution in [3.63, 3.8) is 0 Å². The largest absolute Gasteiger partial charge is 0.361 e. The molecule has 0 aliphatic heterocycles. The van der Waals surface area contributed by atoms with Crippen LogP contribution in [0.3, 0.4) is 0 Å². The van der Waals surface area contributed by atoms with Gasteiger partial charge in [0.15, 0.2) is 5.78 Å². The minimum Gasteiger partial charge on any atom is -0.361 e. The molecule has 0 aliphatic rings. The van der Waals surface area contributed by atoms with Gasteiger partial charge in [0.2, 0.25) is 0 Å². The Labute approximate surface area is 148 Å². The number of Topliss-reactive ketones (excluding diaryl/α,β-unsaturated/α-hetero) is 1. The maximum absolute atomic E-state index is 14.1. The van der Waals surface area contributed by atoms with E-state index in [9.17, 15) is 9.36 Å². The first kappa shape index (κ1) is 17.4. The molecule has 3 aromatic rings. The summed E-state index contributed by atoms with van der Waals surface area (Å²) in [5.74, 6) is 0.0340. The van der Waals surface area contributed by atoms with E-state index < -0.39 is 7.14 Å². The Bertz CT molecular complexity index is 899. The average molecular weight is 351 g/mol. The molecule has 4 heteroatoms. The Morgan fingerprint density at radius 2 is 1.40 bits per heavy atom. The van der Waals surface area contributed by atoms with Crippen molar-refractivity contribution < 1.29 is 9.36 Å². The Morgan fingerprint density at radius 1 is 0.920 bits per heavy atom. The lowest BCUT2D eigenvalue weighted by Gasteiger charge is -2.19. The van der Waals surface area contributed by atoms with E-state index in [4.69, 9.17) is 0 Å². The smallest absolute Gasteiger partial charge is 0.161 e. The van der Waals surface area contributed by atoms with Crippen LogP contribution in [0.4, 0.5) is 0 Å². The van der Waals surface area contributed by atoms with Gasteiger partial charge in [-0.25, -0.2) is 0 Å². The first-order valence-corrected chi connectivity index (χ1v) is 10.2. The molecule has 0 saturated heterocycles. The standard InChI is InChI=1S/C21H22NO2P/c1-15-20(22-16(2)21(15)17(3)23)14-25(24,18-10-6-4-7-11-18)19-12-8-5-9-13-19/h4-13,22H,14H2,1-3H3. The van der Waals surface area contributed by atoms with Crippen molar-refractivity contribution in [2.24, 2.45) is 0 Å². The van der Waals surface area contributed by atoms with E-state index in [0.717, 1.165) is 27.6 Å². The number of ketones is 1. The zero-order valence-electron chi connectivity index (χ0n) is 14.7. The van der Waals surface area contributed by atoms with E-state index in [2.05, 4.69) is 4.98 Å². The molecule has 1 heterocycles. The third-order valence-corrected chi connectivity index (χ3v) is 7.65. The molecule has 0 bridgehead atoms. The van der Waals surface area contributed by atoms with Crippen LogP contribution in [0, 0.1) is 13.8 Å². The second-order valence-electron chi connectivity index (χ2n) is 6.35. The van der Waals surface area contributed by atoms with Crippen molar-refractivity contribution in [2.75, 3.05) is 0 Å². The molecular weight excluding hydrogens is 329 g/mol. The van der Waals surface area contributed by atoms with Crippen LogP contribution in [-0.4, -0.2) is 10.8 Å². The topological polar surface area (TPSA) is 49.9 Å². The molecule has 0 atom stereocenters. The highest BCUT2D eigenvalue weighted by molar-refractivity contribution is 7.78. The van der Waals surface area contributed by atoms with Crippen LogP contribution in [0.2, 0.25) is 0 Å². The molecule has 0 amide bonds. The number of aryl methyl sites for hydroxylation is 1. The summed E-state index contributed by atoms with van der Waals surface area (Å²) in [6, 6.07) is 19.2. The second kappa shape index (κ2) is 6.85. The summed E-state index contributed by atoms with van der Waals surface area (Å²) >= 11 is 0. The SMILES string of the molecule is CC(=O)c1c(C)[nH]c(CP(=O)(c2ccccc2)c2ccccc2)c1C. The number of rotatable bonds is 5. The van der Waals surface area contributed by atoms with Gasteiger partial charge in [-0.2, -0.15) is 0 Å². The molecule has 0 radical (unpaired) electrons. The molecule has 2 aromatic carbocycles. The van der Waals surface area contributed by atoms with E-state index in [0.29, 0.717) is 11.7 Å². The average Bonchev–Trinajstić information content (AvgIpc) is 2.89. The predicted molar refractivity (Wildman–Crippen MR) is 104 cm³/mol. The molecule has 3 nitrogen and oxygen atoms in total. The normalized spacial score (nSPS) is 11.5. The fourth-order valence-corrected chi connectivity index (χ4v) is 6.13. The van der Waals surface area contributed by atoms with Crippen LogP contribution in [-0.2, 0) is 10.7 Å². The van der Waals surface area contributed by atoms with Gasteiger partial charge in [0.1, 0.15) is 7.14 Å². The number of hydrogen-bond acceptors (Lipinski definition) is 2. The van der Waals surface area contributed by atoms with Crippen molar-refractivity contribution in [1.29, 1.82) is 0 Å². The van der Waals surface area contributed by atoms with Crippen LogP contribution in [0.15, 0.2) is 60.7 Å². The van der Waals surface area contributed by atoms with E-state index >= 15 is 0 Å². The number of H-pyrrole nitrogens is 1. The predicted octanol–water partition coefficient (Wildman–Crippen LogP) is 4.35. The van der Waals surface area contributed by atoms with Crippen LogP contribution < -0.4 is 10.6 Å². The Balaban J connectivity index is 2.14. The summed E-state index contributed by atoms with van der Waals surface area (Å²) in [6.45, 7) is 5.39. The molecule has 3 rings (SSSR count). The van der Waals surface area contributed by atoms with Crippen molar-refractivity contribution >= 4 is 23.5 Å². The number of benzene rings is 2. The summed E-state index contributed by atoms with van der Waals surface area (Å²) in [6.07, 6.45) is 0.376. The molecule has 0 fully saturated rings. The zero-order chi connectivity index (χ0) is 18.0. The lowest BCUT2D eigenvalue weighted by atomic mass is 10.1. The van der Waals surface area contributed by atoms with Gasteiger partial charge in [0, 0.05) is 33.7 Å². The number of nitrogens with one attached hydrogen (secondary N) is 1. The van der Waals surface area contributed by atoms with Gasteiger partial charge < -0.3 is 9.55 Å². The first-order valence-electron chi connectivity index (χ1n) is 8.33. The molecule has 0 spiro atoms. The Hall–Kier alpha value is -2.38. The van der Waals surface area contributed by atoms with E-state index in [1.54, 1.807) is 6.92 Å². The molecule has 25 heavy (non-hydrogen) atoms. The van der Waals surface area contributed by atoms with Crippen LogP contribution >= 0.6 is 7.14 Å². The fourth-order valence-electron chi connectivity index (χ4n) is 3.39. The summed E-state index contributed by atoms with van der Waals surface area (Å²) in [5.41, 5.74) is 3.33. The monoisotopic (exact) mass is 351 g/mol. The first-order chi connectivity index (χ1) is 11.9. The number of aromatic amines is 1. The van der Waals surface area contributed by atoms with Gasteiger partial charge in [0.25, 0.3) is 0 Å². The van der Waals surface area contributed by atoms with Crippen molar-refractivity contribution in [1.82, 2.24) is 4.98 Å². The van der Waals surface area contributed by atoms with Crippen LogP contribution in [0.1, 0.15) is 34.2 Å². The second-order valence-corrected chi connectivity index (χ2v) is 9.18. The van der Waals surface area contributed by atoms with Gasteiger partial charge >= 0.3 is 0 Å². The highest BCUT2D eigenvalue weighted by Gasteiger charge is 2.30. The Morgan fingerprint density at radius 3 is 1.80 bits per heavy atom. The number of aromatic nitrogens is 1. The lowest BCUT2D eigenvalue weighted by molar-refractivity contribution is 0.101. The van der Waals surface area contributed by atoms with Crippen molar-refractivity contribution in [2.45, 2.75) is 26.9 Å². The van der Waals surface area contributed by atoms with Gasteiger partial charge in [-0.05, 0) is 26.3 Å². The third kappa shape index (κ3) is 3.25. The van der Waals surface area contributed by atoms with Gasteiger partial charge in [0.05, 0.1) is 0 Å². The minimum atomic E-state index is -2.85. The summed E-state index contributed by atoms with van der Waals surface area (Å²) in [7, 11) is -2.85. The zero-order valence-corrected chi connectivity index (χ0v) is 15.6. The van der Waals surface area contributed by atoms with Gasteiger partial charge in [-0.3, -0.25) is 4.79 Å². The van der Waals surface area contributed by atoms with E-state index in [1.807, 2.05) is 74.5 Å². The lowest BCUT2D eigenvalue weighted by Crippen LogP contribution is -2.18. The van der Waals surface area contributed by atoms with E-state index in [-0.39, 0.29) is 5.78 Å². The summed E-state index contributed by atoms with van der Waals surface area (Å²) < 4.78 is 14.1. The highest BCUT2D eigenvalue weighted by Crippen LogP contribution is 2.47. The Kier molecular flexibility index (Phi) is 4.78. The van der Waals surface area contributed by atoms with Crippen LogP contribution in [0.5, 0.6) is 0 Å². The van der Waals surface area contributed by atoms with Gasteiger partial charge in [-0.15, -0.1) is 0 Å². The number of carbonyl (C=O) groups is 1. The fraction of sp³-hybridized carbons (Fsp3) is 0.190. The number of hydrogen-bond donors (Lipinski definition) is 1. The van der Waals surface area contributed by atoms with Crippen molar-refractivity contribution in [3.8, 4) is 0 Å². The van der Waals surface area contributed by atoms with Gasteiger partial charge in [-0.1, -0.05) is 60.7 Å². The molecule has 1 N–H and O–H groups in total. The molecule has 1 aromatic heterocycles. The maximum atomic E-state index is 14.1. The third-order valence-electron chi connectivity index (χ3n) is 4.62. The van der Waals surface area contributed by atoms with Crippen LogP contribution in [0.25, 0.3) is 0 Å². The summed E-state index contributed by atoms with van der Waals surface area (Å²) in [5, 5.41) is 1.66. The molecular formula is C21H22NO2P. The summed E-state index contributed by atoms with van der Waals surface area (Å²) in [4.78, 5) is 15.2. The number of carbonyl (C=O) groups excluding carboxylic acids is 1. The minimum absolute atomic E-state index is 0.0340. The van der Waals surface area contributed by atoms with Crippen molar-refractivity contribution in [3.05, 3.63) is 83.2 Å². The molecule has 0 aliphatic carbocycles. The molecule has 0 unspecified atom stereocenters. The maximum Gasteiger partial charge on any atom is 0.161 e.